The van der Waals surface area contributed by atoms with Crippen molar-refractivity contribution in [3.8, 4) is 5.75 Å². The predicted octanol–water partition coefficient (Wildman–Crippen LogP) is 2.63. The SMILES string of the molecule is COc1ccc(C(C)NC(=O)C(CN)CC(C)C)cc1F. The van der Waals surface area contributed by atoms with Crippen molar-refractivity contribution in [2.75, 3.05) is 13.7 Å². The molecule has 21 heavy (non-hydrogen) atoms. The number of ether oxygens (including phenoxy) is 1. The fourth-order valence-corrected chi connectivity index (χ4v) is 2.25. The van der Waals surface area contributed by atoms with Gasteiger partial charge in [-0.2, -0.15) is 0 Å². The normalized spacial score (nSPS) is 13.9. The molecule has 0 bridgehead atoms. The Morgan fingerprint density at radius 2 is 2.05 bits per heavy atom. The van der Waals surface area contributed by atoms with Gasteiger partial charge in [-0.25, -0.2) is 4.39 Å². The zero-order chi connectivity index (χ0) is 16.0. The van der Waals surface area contributed by atoms with Crippen LogP contribution in [0.4, 0.5) is 4.39 Å². The molecular weight excluding hydrogens is 271 g/mol. The average molecular weight is 296 g/mol. The Morgan fingerprint density at radius 3 is 2.52 bits per heavy atom. The van der Waals surface area contributed by atoms with Crippen LogP contribution in [0.3, 0.4) is 0 Å². The molecule has 5 heteroatoms. The molecule has 0 saturated heterocycles. The van der Waals surface area contributed by atoms with E-state index in [2.05, 4.69) is 19.2 Å². The Kier molecular flexibility index (Phi) is 6.62. The van der Waals surface area contributed by atoms with Crippen molar-refractivity contribution >= 4 is 5.91 Å². The summed E-state index contributed by atoms with van der Waals surface area (Å²) in [5.41, 5.74) is 6.36. The first kappa shape index (κ1) is 17.4. The van der Waals surface area contributed by atoms with Gasteiger partial charge in [0, 0.05) is 6.54 Å². The second kappa shape index (κ2) is 7.98. The van der Waals surface area contributed by atoms with Crippen molar-refractivity contribution < 1.29 is 13.9 Å². The standard InChI is InChI=1S/C16H25FN2O2/c1-10(2)7-13(9-18)16(20)19-11(3)12-5-6-15(21-4)14(17)8-12/h5-6,8,10-11,13H,7,9,18H2,1-4H3,(H,19,20). The molecule has 0 aliphatic carbocycles. The third kappa shape index (κ3) is 5.01. The number of carbonyl (C=O) groups excluding carboxylic acids is 1. The van der Waals surface area contributed by atoms with Gasteiger partial charge in [0.05, 0.1) is 19.1 Å². The average Bonchev–Trinajstić information content (AvgIpc) is 2.44. The topological polar surface area (TPSA) is 64.3 Å². The van der Waals surface area contributed by atoms with Gasteiger partial charge in [-0.1, -0.05) is 19.9 Å². The number of nitrogens with one attached hydrogen (secondary N) is 1. The van der Waals surface area contributed by atoms with E-state index in [1.807, 2.05) is 6.92 Å². The van der Waals surface area contributed by atoms with E-state index >= 15 is 0 Å². The highest BCUT2D eigenvalue weighted by Crippen LogP contribution is 2.22. The van der Waals surface area contributed by atoms with Crippen LogP contribution < -0.4 is 15.8 Å². The first-order valence-corrected chi connectivity index (χ1v) is 7.22. The minimum absolute atomic E-state index is 0.0880. The summed E-state index contributed by atoms with van der Waals surface area (Å²) >= 11 is 0. The summed E-state index contributed by atoms with van der Waals surface area (Å²) in [6, 6.07) is 4.40. The summed E-state index contributed by atoms with van der Waals surface area (Å²) in [4.78, 5) is 12.2. The highest BCUT2D eigenvalue weighted by atomic mass is 19.1. The van der Waals surface area contributed by atoms with E-state index in [9.17, 15) is 9.18 Å². The number of methoxy groups -OCH3 is 1. The third-order valence-electron chi connectivity index (χ3n) is 3.45. The quantitative estimate of drug-likeness (QED) is 0.813. The molecule has 118 valence electrons. The fourth-order valence-electron chi connectivity index (χ4n) is 2.25. The van der Waals surface area contributed by atoms with E-state index in [0.29, 0.717) is 18.0 Å². The second-order valence-electron chi connectivity index (χ2n) is 5.69. The van der Waals surface area contributed by atoms with Gasteiger partial charge in [0.15, 0.2) is 11.6 Å². The molecule has 0 aliphatic rings. The predicted molar refractivity (Wildman–Crippen MR) is 81.5 cm³/mol. The molecule has 4 nitrogen and oxygen atoms in total. The molecule has 0 fully saturated rings. The van der Waals surface area contributed by atoms with Crippen LogP contribution in [-0.2, 0) is 4.79 Å². The number of hydrogen-bond acceptors (Lipinski definition) is 3. The minimum atomic E-state index is -0.436. The highest BCUT2D eigenvalue weighted by molar-refractivity contribution is 5.79. The molecule has 2 unspecified atom stereocenters. The molecule has 1 amide bonds. The zero-order valence-electron chi connectivity index (χ0n) is 13.2. The first-order chi connectivity index (χ1) is 9.88. The van der Waals surface area contributed by atoms with Crippen LogP contribution in [0.2, 0.25) is 0 Å². The summed E-state index contributed by atoms with van der Waals surface area (Å²) in [7, 11) is 1.42. The van der Waals surface area contributed by atoms with Crippen LogP contribution in [0.5, 0.6) is 5.75 Å². The maximum absolute atomic E-state index is 13.7. The Hall–Kier alpha value is -1.62. The molecule has 0 radical (unpaired) electrons. The van der Waals surface area contributed by atoms with E-state index in [1.54, 1.807) is 12.1 Å². The molecular formula is C16H25FN2O2. The summed E-state index contributed by atoms with van der Waals surface area (Å²) in [6.07, 6.45) is 0.742. The molecule has 0 aliphatic heterocycles. The van der Waals surface area contributed by atoms with Crippen molar-refractivity contribution in [1.29, 1.82) is 0 Å². The zero-order valence-corrected chi connectivity index (χ0v) is 13.2. The lowest BCUT2D eigenvalue weighted by molar-refractivity contribution is -0.125. The van der Waals surface area contributed by atoms with Crippen LogP contribution in [0.25, 0.3) is 0 Å². The Bertz CT molecular complexity index is 477. The second-order valence-corrected chi connectivity index (χ2v) is 5.69. The number of hydrogen-bond donors (Lipinski definition) is 2. The lowest BCUT2D eigenvalue weighted by atomic mass is 9.96. The summed E-state index contributed by atoms with van der Waals surface area (Å²) < 4.78 is 18.6. The highest BCUT2D eigenvalue weighted by Gasteiger charge is 2.20. The van der Waals surface area contributed by atoms with Gasteiger partial charge < -0.3 is 15.8 Å². The summed E-state index contributed by atoms with van der Waals surface area (Å²) in [6.45, 7) is 6.24. The van der Waals surface area contributed by atoms with Crippen molar-refractivity contribution in [2.45, 2.75) is 33.2 Å². The van der Waals surface area contributed by atoms with E-state index in [4.69, 9.17) is 10.5 Å². The first-order valence-electron chi connectivity index (χ1n) is 7.22. The Morgan fingerprint density at radius 1 is 1.38 bits per heavy atom. The third-order valence-corrected chi connectivity index (χ3v) is 3.45. The number of benzene rings is 1. The summed E-state index contributed by atoms with van der Waals surface area (Å²) in [5, 5.41) is 2.89. The van der Waals surface area contributed by atoms with E-state index in [-0.39, 0.29) is 23.6 Å². The van der Waals surface area contributed by atoms with Gasteiger partial charge in [0.1, 0.15) is 0 Å². The molecule has 0 spiro atoms. The molecule has 3 N–H and O–H groups in total. The van der Waals surface area contributed by atoms with Gasteiger partial charge in [-0.15, -0.1) is 0 Å². The van der Waals surface area contributed by atoms with Crippen molar-refractivity contribution in [3.05, 3.63) is 29.6 Å². The van der Waals surface area contributed by atoms with Crippen molar-refractivity contribution in [1.82, 2.24) is 5.32 Å². The van der Waals surface area contributed by atoms with Gasteiger partial charge in [0.25, 0.3) is 0 Å². The molecule has 0 heterocycles. The number of halogens is 1. The van der Waals surface area contributed by atoms with E-state index < -0.39 is 5.82 Å². The van der Waals surface area contributed by atoms with Crippen LogP contribution in [-0.4, -0.2) is 19.6 Å². The van der Waals surface area contributed by atoms with Crippen LogP contribution in [0.15, 0.2) is 18.2 Å². The lowest BCUT2D eigenvalue weighted by Gasteiger charge is -2.21. The largest absolute Gasteiger partial charge is 0.494 e. The minimum Gasteiger partial charge on any atom is -0.494 e. The molecule has 1 aromatic carbocycles. The molecule has 0 aromatic heterocycles. The number of carbonyl (C=O) groups is 1. The number of rotatable bonds is 7. The molecule has 1 aromatic rings. The Balaban J connectivity index is 2.73. The maximum Gasteiger partial charge on any atom is 0.224 e. The molecule has 2 atom stereocenters. The van der Waals surface area contributed by atoms with E-state index in [1.165, 1.54) is 13.2 Å². The number of amides is 1. The number of nitrogens with two attached hydrogens (primary N) is 1. The van der Waals surface area contributed by atoms with Crippen LogP contribution in [0.1, 0.15) is 38.8 Å². The van der Waals surface area contributed by atoms with Gasteiger partial charge in [-0.3, -0.25) is 4.79 Å². The maximum atomic E-state index is 13.7. The van der Waals surface area contributed by atoms with Gasteiger partial charge in [0.2, 0.25) is 5.91 Å². The van der Waals surface area contributed by atoms with Gasteiger partial charge >= 0.3 is 0 Å². The lowest BCUT2D eigenvalue weighted by Crippen LogP contribution is -2.37. The molecule has 0 saturated carbocycles. The van der Waals surface area contributed by atoms with Crippen molar-refractivity contribution in [2.24, 2.45) is 17.6 Å². The monoisotopic (exact) mass is 296 g/mol. The van der Waals surface area contributed by atoms with E-state index in [0.717, 1.165) is 6.42 Å². The van der Waals surface area contributed by atoms with Crippen LogP contribution >= 0.6 is 0 Å². The Labute approximate surface area is 125 Å². The van der Waals surface area contributed by atoms with Crippen LogP contribution in [0, 0.1) is 17.7 Å². The van der Waals surface area contributed by atoms with Gasteiger partial charge in [-0.05, 0) is 37.0 Å². The fraction of sp³-hybridized carbons (Fsp3) is 0.562. The summed E-state index contributed by atoms with van der Waals surface area (Å²) in [5.74, 6) is -0.144. The van der Waals surface area contributed by atoms with Crippen molar-refractivity contribution in [3.63, 3.8) is 0 Å². The smallest absolute Gasteiger partial charge is 0.224 e. The molecule has 1 rings (SSSR count).